The number of carbonyl (C=O) groups excluding carboxylic acids is 1. The summed E-state index contributed by atoms with van der Waals surface area (Å²) in [4.78, 5) is 25.9. The van der Waals surface area contributed by atoms with Crippen molar-refractivity contribution in [3.8, 4) is 0 Å². The van der Waals surface area contributed by atoms with Crippen molar-refractivity contribution in [1.82, 2.24) is 14.6 Å². The number of benzene rings is 1. The number of pyridine rings is 1. The van der Waals surface area contributed by atoms with Crippen molar-refractivity contribution >= 4 is 26.8 Å². The zero-order valence-corrected chi connectivity index (χ0v) is 14.7. The van der Waals surface area contributed by atoms with E-state index in [1.807, 2.05) is 13.8 Å². The Bertz CT molecular complexity index is 903. The van der Waals surface area contributed by atoms with Gasteiger partial charge in [-0.25, -0.2) is 8.42 Å². The van der Waals surface area contributed by atoms with Crippen LogP contribution in [0.2, 0.25) is 0 Å². The van der Waals surface area contributed by atoms with Crippen LogP contribution in [0.3, 0.4) is 0 Å². The topological polar surface area (TPSA) is 99.3 Å². The fourth-order valence-electron chi connectivity index (χ4n) is 2.34. The van der Waals surface area contributed by atoms with Gasteiger partial charge in [-0.2, -0.15) is 4.31 Å². The Hall–Kier alpha value is -2.19. The number of amides is 1. The van der Waals surface area contributed by atoms with Gasteiger partial charge < -0.3 is 10.3 Å². The predicted molar refractivity (Wildman–Crippen MR) is 92.3 cm³/mol. The molecular weight excluding hydrogens is 330 g/mol. The highest BCUT2D eigenvalue weighted by Crippen LogP contribution is 2.20. The molecule has 0 saturated heterocycles. The van der Waals surface area contributed by atoms with Gasteiger partial charge in [0.25, 0.3) is 0 Å². The maximum Gasteiger partial charge on any atom is 0.248 e. The minimum atomic E-state index is -3.80. The Labute approximate surface area is 140 Å². The Kier molecular flexibility index (Phi) is 5.40. The molecule has 0 unspecified atom stereocenters. The second-order valence-electron chi connectivity index (χ2n) is 5.73. The zero-order valence-electron chi connectivity index (χ0n) is 13.9. The molecule has 1 aromatic carbocycles. The fourth-order valence-corrected chi connectivity index (χ4v) is 3.78. The van der Waals surface area contributed by atoms with Gasteiger partial charge in [0, 0.05) is 24.2 Å². The zero-order chi connectivity index (χ0) is 17.9. The highest BCUT2D eigenvalue weighted by atomic mass is 32.2. The van der Waals surface area contributed by atoms with E-state index in [1.165, 1.54) is 18.2 Å². The molecule has 1 aromatic heterocycles. The molecular formula is C16H21N3O4S. The summed E-state index contributed by atoms with van der Waals surface area (Å²) in [6.07, 6.45) is 0. The van der Waals surface area contributed by atoms with Gasteiger partial charge in [0.15, 0.2) is 0 Å². The molecule has 130 valence electrons. The van der Waals surface area contributed by atoms with Gasteiger partial charge in [0.1, 0.15) is 0 Å². The van der Waals surface area contributed by atoms with Crippen LogP contribution in [0.4, 0.5) is 0 Å². The largest absolute Gasteiger partial charge is 0.353 e. The van der Waals surface area contributed by atoms with Gasteiger partial charge in [0.2, 0.25) is 21.5 Å². The quantitative estimate of drug-likeness (QED) is 0.813. The van der Waals surface area contributed by atoms with Crippen LogP contribution in [0.15, 0.2) is 40.0 Å². The van der Waals surface area contributed by atoms with Crippen LogP contribution in [-0.4, -0.2) is 42.7 Å². The lowest BCUT2D eigenvalue weighted by molar-refractivity contribution is -0.121. The van der Waals surface area contributed by atoms with Crippen molar-refractivity contribution in [3.63, 3.8) is 0 Å². The maximum atomic E-state index is 12.8. The van der Waals surface area contributed by atoms with E-state index in [1.54, 1.807) is 19.1 Å². The molecule has 0 radical (unpaired) electrons. The molecule has 2 aromatic rings. The molecule has 0 aliphatic rings. The molecule has 1 amide bonds. The first-order chi connectivity index (χ1) is 11.2. The highest BCUT2D eigenvalue weighted by Gasteiger charge is 2.25. The number of rotatable bonds is 6. The molecule has 0 fully saturated rings. The summed E-state index contributed by atoms with van der Waals surface area (Å²) < 4.78 is 26.7. The number of H-pyrrole nitrogens is 1. The van der Waals surface area contributed by atoms with Gasteiger partial charge in [-0.05, 0) is 43.5 Å². The van der Waals surface area contributed by atoms with Gasteiger partial charge in [-0.1, -0.05) is 6.92 Å². The Morgan fingerprint density at radius 1 is 1.25 bits per heavy atom. The molecule has 1 heterocycles. The molecule has 0 aliphatic heterocycles. The molecule has 0 aliphatic carbocycles. The lowest BCUT2D eigenvalue weighted by Gasteiger charge is -2.21. The Balaban J connectivity index is 2.35. The molecule has 0 saturated carbocycles. The summed E-state index contributed by atoms with van der Waals surface area (Å²) in [5.41, 5.74) is 0.306. The minimum Gasteiger partial charge on any atom is -0.353 e. The molecule has 7 nitrogen and oxygen atoms in total. The molecule has 2 N–H and O–H groups in total. The van der Waals surface area contributed by atoms with Gasteiger partial charge in [0.05, 0.1) is 11.4 Å². The van der Waals surface area contributed by atoms with E-state index in [4.69, 9.17) is 0 Å². The van der Waals surface area contributed by atoms with Crippen molar-refractivity contribution < 1.29 is 13.2 Å². The maximum absolute atomic E-state index is 12.8. The normalized spacial score (nSPS) is 12.0. The van der Waals surface area contributed by atoms with Crippen LogP contribution in [0.25, 0.3) is 10.9 Å². The monoisotopic (exact) mass is 351 g/mol. The molecule has 24 heavy (non-hydrogen) atoms. The first-order valence-corrected chi connectivity index (χ1v) is 9.10. The van der Waals surface area contributed by atoms with Crippen molar-refractivity contribution in [2.75, 3.05) is 13.1 Å². The fraction of sp³-hybridized carbons (Fsp3) is 0.375. The van der Waals surface area contributed by atoms with Crippen LogP contribution in [0, 0.1) is 0 Å². The molecule has 8 heteroatoms. The third kappa shape index (κ3) is 4.01. The summed E-state index contributed by atoms with van der Waals surface area (Å²) >= 11 is 0. The number of aromatic amines is 1. The number of hydrogen-bond donors (Lipinski definition) is 2. The summed E-state index contributed by atoms with van der Waals surface area (Å²) in [6.45, 7) is 5.25. The molecule has 0 bridgehead atoms. The number of sulfonamides is 1. The molecule has 0 atom stereocenters. The smallest absolute Gasteiger partial charge is 0.248 e. The van der Waals surface area contributed by atoms with Crippen LogP contribution in [0.1, 0.15) is 20.8 Å². The lowest BCUT2D eigenvalue weighted by Crippen LogP contribution is -2.42. The SMILES string of the molecule is CCN(CC(=O)NC(C)C)S(=O)(=O)c1ccc2[nH]c(=O)ccc2c1. The third-order valence-electron chi connectivity index (χ3n) is 3.46. The minimum absolute atomic E-state index is 0.0589. The average Bonchev–Trinajstić information content (AvgIpc) is 2.51. The van der Waals surface area contributed by atoms with E-state index in [0.29, 0.717) is 10.9 Å². The van der Waals surface area contributed by atoms with Crippen molar-refractivity contribution in [2.24, 2.45) is 0 Å². The van der Waals surface area contributed by atoms with Crippen molar-refractivity contribution in [2.45, 2.75) is 31.7 Å². The van der Waals surface area contributed by atoms with Crippen LogP contribution >= 0.6 is 0 Å². The van der Waals surface area contributed by atoms with Gasteiger partial charge in [-0.15, -0.1) is 0 Å². The first kappa shape index (κ1) is 18.2. The summed E-state index contributed by atoms with van der Waals surface area (Å²) in [5.74, 6) is -0.347. The van der Waals surface area contributed by atoms with Crippen LogP contribution in [0.5, 0.6) is 0 Å². The number of hydrogen-bond acceptors (Lipinski definition) is 4. The Morgan fingerprint density at radius 2 is 1.96 bits per heavy atom. The first-order valence-electron chi connectivity index (χ1n) is 7.66. The standard InChI is InChI=1S/C16H21N3O4S/c1-4-19(10-16(21)17-11(2)3)24(22,23)13-6-7-14-12(9-13)5-8-15(20)18-14/h5-9,11H,4,10H2,1-3H3,(H,17,21)(H,18,20). The summed E-state index contributed by atoms with van der Waals surface area (Å²) in [7, 11) is -3.80. The van der Waals surface area contributed by atoms with E-state index < -0.39 is 10.0 Å². The van der Waals surface area contributed by atoms with Crippen LogP contribution in [-0.2, 0) is 14.8 Å². The number of fused-ring (bicyclic) bond motifs is 1. The van der Waals surface area contributed by atoms with Crippen molar-refractivity contribution in [1.29, 1.82) is 0 Å². The number of aromatic nitrogens is 1. The second kappa shape index (κ2) is 7.14. The van der Waals surface area contributed by atoms with E-state index >= 15 is 0 Å². The number of carbonyl (C=O) groups is 1. The number of nitrogens with zero attached hydrogens (tertiary/aromatic N) is 1. The van der Waals surface area contributed by atoms with E-state index in [-0.39, 0.29) is 35.5 Å². The second-order valence-corrected chi connectivity index (χ2v) is 7.66. The lowest BCUT2D eigenvalue weighted by atomic mass is 10.2. The van der Waals surface area contributed by atoms with Gasteiger partial charge >= 0.3 is 0 Å². The van der Waals surface area contributed by atoms with Crippen molar-refractivity contribution in [3.05, 3.63) is 40.7 Å². The van der Waals surface area contributed by atoms with E-state index in [9.17, 15) is 18.0 Å². The Morgan fingerprint density at radius 3 is 2.58 bits per heavy atom. The number of likely N-dealkylation sites (N-methyl/N-ethyl adjacent to an activating group) is 1. The predicted octanol–water partition coefficient (Wildman–Crippen LogP) is 1.06. The van der Waals surface area contributed by atoms with Gasteiger partial charge in [-0.3, -0.25) is 9.59 Å². The van der Waals surface area contributed by atoms with E-state index in [2.05, 4.69) is 10.3 Å². The molecule has 2 rings (SSSR count). The van der Waals surface area contributed by atoms with E-state index in [0.717, 1.165) is 4.31 Å². The summed E-state index contributed by atoms with van der Waals surface area (Å²) in [6, 6.07) is 7.31. The molecule has 0 spiro atoms. The number of nitrogens with one attached hydrogen (secondary N) is 2. The highest BCUT2D eigenvalue weighted by molar-refractivity contribution is 7.89. The van der Waals surface area contributed by atoms with Crippen LogP contribution < -0.4 is 10.9 Å². The third-order valence-corrected chi connectivity index (χ3v) is 5.37. The average molecular weight is 351 g/mol. The summed E-state index contributed by atoms with van der Waals surface area (Å²) in [5, 5.41) is 3.29.